The Morgan fingerprint density at radius 3 is 2.15 bits per heavy atom. The van der Waals surface area contributed by atoms with Gasteiger partial charge in [-0.15, -0.1) is 0 Å². The van der Waals surface area contributed by atoms with Crippen molar-refractivity contribution >= 4 is 11.8 Å². The Hall–Kier alpha value is -3.22. The van der Waals surface area contributed by atoms with E-state index in [4.69, 9.17) is 23.7 Å². The zero-order valence-corrected chi connectivity index (χ0v) is 15.0. The third-order valence-electron chi connectivity index (χ3n) is 3.67. The average molecular weight is 360 g/mol. The molecule has 0 amide bonds. The monoisotopic (exact) mass is 360 g/mol. The lowest BCUT2D eigenvalue weighted by Crippen LogP contribution is -2.16. The number of Topliss-reactive ketones (excluding diaryl/α,β-unsaturated/α-hetero) is 1. The highest BCUT2D eigenvalue weighted by Crippen LogP contribution is 2.31. The molecule has 0 radical (unpaired) electrons. The number of esters is 1. The molecule has 2 aromatic rings. The van der Waals surface area contributed by atoms with Crippen LogP contribution in [0.1, 0.15) is 20.7 Å². The number of rotatable bonds is 8. The Morgan fingerprint density at radius 2 is 1.54 bits per heavy atom. The molecule has 2 rings (SSSR count). The van der Waals surface area contributed by atoms with Crippen LogP contribution in [0.25, 0.3) is 0 Å². The molecule has 0 spiro atoms. The predicted octanol–water partition coefficient (Wildman–Crippen LogP) is 2.76. The Balaban J connectivity index is 2.14. The maximum absolute atomic E-state index is 12.4. The van der Waals surface area contributed by atoms with Crippen molar-refractivity contribution in [2.24, 2.45) is 0 Å². The molecule has 7 nitrogen and oxygen atoms in total. The van der Waals surface area contributed by atoms with Crippen molar-refractivity contribution < 1.29 is 33.3 Å². The summed E-state index contributed by atoms with van der Waals surface area (Å²) in [4.78, 5) is 24.7. The van der Waals surface area contributed by atoms with Gasteiger partial charge in [0.1, 0.15) is 17.1 Å². The highest BCUT2D eigenvalue weighted by Gasteiger charge is 2.20. The largest absolute Gasteiger partial charge is 0.497 e. The Kier molecular flexibility index (Phi) is 6.43. The number of methoxy groups -OCH3 is 4. The van der Waals surface area contributed by atoms with Gasteiger partial charge in [0.2, 0.25) is 5.78 Å². The van der Waals surface area contributed by atoms with Crippen LogP contribution in [-0.2, 0) is 4.74 Å². The number of carbonyl (C=O) groups is 2. The van der Waals surface area contributed by atoms with E-state index in [-0.39, 0.29) is 11.3 Å². The topological polar surface area (TPSA) is 80.3 Å². The van der Waals surface area contributed by atoms with Gasteiger partial charge in [-0.25, -0.2) is 4.79 Å². The maximum Gasteiger partial charge on any atom is 0.342 e. The molecule has 26 heavy (non-hydrogen) atoms. The third kappa shape index (κ3) is 4.05. The number of carbonyl (C=O) groups excluding carboxylic acids is 2. The fourth-order valence-electron chi connectivity index (χ4n) is 2.36. The second kappa shape index (κ2) is 8.75. The van der Waals surface area contributed by atoms with Crippen molar-refractivity contribution in [3.8, 4) is 23.0 Å². The van der Waals surface area contributed by atoms with E-state index in [1.54, 1.807) is 30.3 Å². The first kappa shape index (κ1) is 19.1. The molecule has 0 unspecified atom stereocenters. The molecule has 0 bridgehead atoms. The SMILES string of the molecule is COc1ccc(C(=O)COC(=O)c2cccc(OC)c2OC)c(OC)c1. The Morgan fingerprint density at radius 1 is 0.808 bits per heavy atom. The molecule has 0 atom stereocenters. The van der Waals surface area contributed by atoms with Crippen molar-refractivity contribution in [3.63, 3.8) is 0 Å². The lowest BCUT2D eigenvalue weighted by Gasteiger charge is -2.12. The van der Waals surface area contributed by atoms with Crippen molar-refractivity contribution in [2.45, 2.75) is 0 Å². The molecular weight excluding hydrogens is 340 g/mol. The zero-order valence-electron chi connectivity index (χ0n) is 15.0. The first-order chi connectivity index (χ1) is 12.5. The van der Waals surface area contributed by atoms with Gasteiger partial charge in [0.25, 0.3) is 0 Å². The number of benzene rings is 2. The summed E-state index contributed by atoms with van der Waals surface area (Å²) in [5, 5.41) is 0. The minimum atomic E-state index is -0.693. The summed E-state index contributed by atoms with van der Waals surface area (Å²) < 4.78 is 25.8. The quantitative estimate of drug-likeness (QED) is 0.529. The van der Waals surface area contributed by atoms with Gasteiger partial charge < -0.3 is 23.7 Å². The van der Waals surface area contributed by atoms with Crippen molar-refractivity contribution in [1.29, 1.82) is 0 Å². The Bertz CT molecular complexity index is 798. The van der Waals surface area contributed by atoms with Crippen LogP contribution in [0.2, 0.25) is 0 Å². The van der Waals surface area contributed by atoms with E-state index in [1.807, 2.05) is 0 Å². The van der Waals surface area contributed by atoms with Crippen LogP contribution in [0, 0.1) is 0 Å². The molecule has 0 aliphatic rings. The normalized spacial score (nSPS) is 10.0. The number of hydrogen-bond acceptors (Lipinski definition) is 7. The van der Waals surface area contributed by atoms with E-state index in [0.29, 0.717) is 22.8 Å². The van der Waals surface area contributed by atoms with Crippen LogP contribution in [-0.4, -0.2) is 46.8 Å². The number of ketones is 1. The van der Waals surface area contributed by atoms with E-state index in [9.17, 15) is 9.59 Å². The molecule has 0 aliphatic heterocycles. The van der Waals surface area contributed by atoms with E-state index in [2.05, 4.69) is 0 Å². The fraction of sp³-hybridized carbons (Fsp3) is 0.263. The van der Waals surface area contributed by atoms with Gasteiger partial charge in [0.15, 0.2) is 18.1 Å². The fourth-order valence-corrected chi connectivity index (χ4v) is 2.36. The minimum Gasteiger partial charge on any atom is -0.497 e. The van der Waals surface area contributed by atoms with E-state index < -0.39 is 18.4 Å². The third-order valence-corrected chi connectivity index (χ3v) is 3.67. The summed E-state index contributed by atoms with van der Waals surface area (Å²) in [5.41, 5.74) is 0.458. The van der Waals surface area contributed by atoms with Crippen LogP contribution < -0.4 is 18.9 Å². The predicted molar refractivity (Wildman–Crippen MR) is 93.7 cm³/mol. The second-order valence-electron chi connectivity index (χ2n) is 5.11. The van der Waals surface area contributed by atoms with Gasteiger partial charge in [-0.1, -0.05) is 6.07 Å². The molecule has 2 aromatic carbocycles. The molecule has 0 aromatic heterocycles. The molecule has 0 N–H and O–H groups in total. The smallest absolute Gasteiger partial charge is 0.342 e. The van der Waals surface area contributed by atoms with Gasteiger partial charge in [-0.05, 0) is 24.3 Å². The van der Waals surface area contributed by atoms with Gasteiger partial charge in [-0.3, -0.25) is 4.79 Å². The van der Waals surface area contributed by atoms with Crippen LogP contribution in [0.4, 0.5) is 0 Å². The van der Waals surface area contributed by atoms with E-state index in [1.165, 1.54) is 34.5 Å². The number of hydrogen-bond donors (Lipinski definition) is 0. The maximum atomic E-state index is 12.4. The molecule has 0 fully saturated rings. The van der Waals surface area contributed by atoms with Crippen molar-refractivity contribution in [2.75, 3.05) is 35.0 Å². The summed E-state index contributed by atoms with van der Waals surface area (Å²) in [5.74, 6) is 0.432. The highest BCUT2D eigenvalue weighted by molar-refractivity contribution is 6.02. The number of ether oxygens (including phenoxy) is 5. The minimum absolute atomic E-state index is 0.168. The van der Waals surface area contributed by atoms with Crippen molar-refractivity contribution in [3.05, 3.63) is 47.5 Å². The molecule has 138 valence electrons. The molecule has 0 heterocycles. The molecule has 7 heteroatoms. The first-order valence-electron chi connectivity index (χ1n) is 7.69. The van der Waals surface area contributed by atoms with Crippen LogP contribution in [0.3, 0.4) is 0 Å². The Labute approximate surface area is 151 Å². The van der Waals surface area contributed by atoms with Gasteiger partial charge in [0.05, 0.1) is 34.0 Å². The summed E-state index contributed by atoms with van der Waals surface area (Å²) in [6, 6.07) is 9.58. The molecule has 0 saturated heterocycles. The standard InChI is InChI=1S/C19H20O7/c1-22-12-8-9-13(17(10-12)24-3)15(20)11-26-19(21)14-6-5-7-16(23-2)18(14)25-4/h5-10H,11H2,1-4H3. The molecule has 0 aliphatic carbocycles. The molecule has 0 saturated carbocycles. The molecular formula is C19H20O7. The summed E-state index contributed by atoms with van der Waals surface area (Å²) in [6.45, 7) is -0.443. The van der Waals surface area contributed by atoms with E-state index in [0.717, 1.165) is 0 Å². The van der Waals surface area contributed by atoms with Crippen LogP contribution >= 0.6 is 0 Å². The van der Waals surface area contributed by atoms with Crippen LogP contribution in [0.15, 0.2) is 36.4 Å². The lowest BCUT2D eigenvalue weighted by molar-refractivity contribution is 0.0470. The zero-order chi connectivity index (χ0) is 19.1. The van der Waals surface area contributed by atoms with Crippen molar-refractivity contribution in [1.82, 2.24) is 0 Å². The summed E-state index contributed by atoms with van der Waals surface area (Å²) in [7, 11) is 5.84. The average Bonchev–Trinajstić information content (AvgIpc) is 2.70. The lowest BCUT2D eigenvalue weighted by atomic mass is 10.1. The number of para-hydroxylation sites is 1. The van der Waals surface area contributed by atoms with Gasteiger partial charge >= 0.3 is 5.97 Å². The summed E-state index contributed by atoms with van der Waals surface area (Å²) >= 11 is 0. The van der Waals surface area contributed by atoms with Gasteiger partial charge in [0, 0.05) is 6.07 Å². The second-order valence-corrected chi connectivity index (χ2v) is 5.11. The first-order valence-corrected chi connectivity index (χ1v) is 7.69. The van der Waals surface area contributed by atoms with E-state index >= 15 is 0 Å². The van der Waals surface area contributed by atoms with Crippen LogP contribution in [0.5, 0.6) is 23.0 Å². The summed E-state index contributed by atoms with van der Waals surface area (Å²) in [6.07, 6.45) is 0. The highest BCUT2D eigenvalue weighted by atomic mass is 16.5. The van der Waals surface area contributed by atoms with Gasteiger partial charge in [-0.2, -0.15) is 0 Å².